The summed E-state index contributed by atoms with van der Waals surface area (Å²) in [7, 11) is 0. The number of carbonyl (C=O) groups is 1. The molecule has 0 radical (unpaired) electrons. The smallest absolute Gasteiger partial charge is 0.419 e. The quantitative estimate of drug-likeness (QED) is 0.586. The molecule has 0 fully saturated rings. The van der Waals surface area contributed by atoms with Crippen LogP contribution in [0.5, 0.6) is 5.75 Å². The predicted octanol–water partition coefficient (Wildman–Crippen LogP) is 2.75. The fourth-order valence-electron chi connectivity index (χ4n) is 1.16. The lowest BCUT2D eigenvalue weighted by Gasteiger charge is -2.12. The van der Waals surface area contributed by atoms with Crippen molar-refractivity contribution in [3.63, 3.8) is 0 Å². The van der Waals surface area contributed by atoms with Crippen molar-refractivity contribution >= 4 is 5.78 Å². The van der Waals surface area contributed by atoms with E-state index in [0.717, 1.165) is 6.92 Å². The Morgan fingerprint density at radius 1 is 1.33 bits per heavy atom. The third-order valence-electron chi connectivity index (χ3n) is 1.74. The highest BCUT2D eigenvalue weighted by molar-refractivity contribution is 5.96. The highest BCUT2D eigenvalue weighted by atomic mass is 19.4. The molecule has 0 aliphatic rings. The molecule has 0 aliphatic carbocycles. The lowest BCUT2D eigenvalue weighted by atomic mass is 10.0. The van der Waals surface area contributed by atoms with E-state index in [0.29, 0.717) is 12.1 Å². The first-order valence-electron chi connectivity index (χ1n) is 3.84. The molecular weight excluding hydrogens is 216 g/mol. The fourth-order valence-corrected chi connectivity index (χ4v) is 1.16. The maximum Gasteiger partial charge on any atom is 0.419 e. The number of hydrogen-bond acceptors (Lipinski definition) is 2. The van der Waals surface area contributed by atoms with Crippen LogP contribution < -0.4 is 0 Å². The topological polar surface area (TPSA) is 37.3 Å². The summed E-state index contributed by atoms with van der Waals surface area (Å²) in [5.74, 6) is -3.34. The largest absolute Gasteiger partial charge is 0.508 e. The number of aromatic hydroxyl groups is 1. The first-order valence-corrected chi connectivity index (χ1v) is 3.84. The predicted molar refractivity (Wildman–Crippen MR) is 43.1 cm³/mol. The maximum atomic E-state index is 12.9. The summed E-state index contributed by atoms with van der Waals surface area (Å²) in [6.07, 6.45) is -4.96. The standard InChI is InChI=1S/C9H6F4O2/c1-4(14)6-2-5(15)3-7(10)8(6)9(11,12)13/h2-3,15H,1H3. The van der Waals surface area contributed by atoms with Gasteiger partial charge in [-0.25, -0.2) is 4.39 Å². The van der Waals surface area contributed by atoms with Gasteiger partial charge in [-0.1, -0.05) is 0 Å². The highest BCUT2D eigenvalue weighted by Crippen LogP contribution is 2.36. The van der Waals surface area contributed by atoms with Gasteiger partial charge in [0.2, 0.25) is 0 Å². The zero-order chi connectivity index (χ0) is 11.8. The molecule has 0 bridgehead atoms. The Morgan fingerprint density at radius 3 is 2.27 bits per heavy atom. The van der Waals surface area contributed by atoms with Crippen molar-refractivity contribution in [2.45, 2.75) is 13.1 Å². The minimum absolute atomic E-state index is 0.315. The fraction of sp³-hybridized carbons (Fsp3) is 0.222. The second kappa shape index (κ2) is 3.52. The molecule has 0 saturated carbocycles. The number of hydrogen-bond donors (Lipinski definition) is 1. The summed E-state index contributed by atoms with van der Waals surface area (Å²) in [5, 5.41) is 8.87. The molecule has 0 aromatic heterocycles. The summed E-state index contributed by atoms with van der Waals surface area (Å²) < 4.78 is 49.9. The first kappa shape index (κ1) is 11.5. The Kier molecular flexibility index (Phi) is 2.70. The minimum atomic E-state index is -4.96. The van der Waals surface area contributed by atoms with E-state index in [9.17, 15) is 22.4 Å². The van der Waals surface area contributed by atoms with Gasteiger partial charge in [0.25, 0.3) is 0 Å². The number of rotatable bonds is 1. The maximum absolute atomic E-state index is 12.9. The first-order chi connectivity index (χ1) is 6.73. The molecule has 15 heavy (non-hydrogen) atoms. The van der Waals surface area contributed by atoms with Gasteiger partial charge in [-0.15, -0.1) is 0 Å². The number of ketones is 1. The third-order valence-corrected chi connectivity index (χ3v) is 1.74. The van der Waals surface area contributed by atoms with E-state index in [4.69, 9.17) is 5.11 Å². The molecule has 1 rings (SSSR count). The van der Waals surface area contributed by atoms with Crippen LogP contribution in [-0.2, 0) is 6.18 Å². The van der Waals surface area contributed by atoms with Crippen LogP contribution in [0.15, 0.2) is 12.1 Å². The Morgan fingerprint density at radius 2 is 1.87 bits per heavy atom. The molecule has 0 heterocycles. The number of phenols is 1. The van der Waals surface area contributed by atoms with Crippen molar-refractivity contribution in [1.29, 1.82) is 0 Å². The van der Waals surface area contributed by atoms with Gasteiger partial charge in [0, 0.05) is 11.6 Å². The van der Waals surface area contributed by atoms with Gasteiger partial charge in [0.15, 0.2) is 5.78 Å². The normalized spacial score (nSPS) is 11.5. The van der Waals surface area contributed by atoms with Crippen LogP contribution in [0.3, 0.4) is 0 Å². The number of phenolic OH excluding ortho intramolecular Hbond substituents is 1. The molecule has 1 aromatic carbocycles. The monoisotopic (exact) mass is 222 g/mol. The molecule has 1 aromatic rings. The van der Waals surface area contributed by atoms with Crippen LogP contribution in [-0.4, -0.2) is 10.9 Å². The van der Waals surface area contributed by atoms with E-state index < -0.39 is 34.7 Å². The summed E-state index contributed by atoms with van der Waals surface area (Å²) in [5.41, 5.74) is -2.52. The van der Waals surface area contributed by atoms with Crippen molar-refractivity contribution in [1.82, 2.24) is 0 Å². The van der Waals surface area contributed by atoms with E-state index >= 15 is 0 Å². The lowest BCUT2D eigenvalue weighted by molar-refractivity contribution is -0.140. The zero-order valence-electron chi connectivity index (χ0n) is 7.52. The molecule has 1 N–H and O–H groups in total. The second-order valence-corrected chi connectivity index (χ2v) is 2.90. The van der Waals surface area contributed by atoms with E-state index in [2.05, 4.69) is 0 Å². The van der Waals surface area contributed by atoms with Gasteiger partial charge in [0.1, 0.15) is 17.1 Å². The summed E-state index contributed by atoms with van der Waals surface area (Å²) >= 11 is 0. The third kappa shape index (κ3) is 2.26. The second-order valence-electron chi connectivity index (χ2n) is 2.90. The molecule has 6 heteroatoms. The van der Waals surface area contributed by atoms with Crippen LogP contribution >= 0.6 is 0 Å². The van der Waals surface area contributed by atoms with Crippen molar-refractivity contribution in [2.75, 3.05) is 0 Å². The number of carbonyl (C=O) groups excluding carboxylic acids is 1. The molecule has 0 atom stereocenters. The lowest BCUT2D eigenvalue weighted by Crippen LogP contribution is -2.14. The number of benzene rings is 1. The number of Topliss-reactive ketones (excluding diaryl/α,β-unsaturated/α-hetero) is 1. The Balaban J connectivity index is 3.55. The summed E-state index contributed by atoms with van der Waals surface area (Å²) in [6, 6.07) is 0.906. The molecule has 0 spiro atoms. The molecule has 0 unspecified atom stereocenters. The van der Waals surface area contributed by atoms with E-state index in [-0.39, 0.29) is 0 Å². The van der Waals surface area contributed by atoms with Crippen molar-refractivity contribution in [3.8, 4) is 5.75 Å². The average Bonchev–Trinajstić information content (AvgIpc) is 1.99. The number of halogens is 4. The Hall–Kier alpha value is -1.59. The SMILES string of the molecule is CC(=O)c1cc(O)cc(F)c1C(F)(F)F. The van der Waals surface area contributed by atoms with Gasteiger partial charge >= 0.3 is 6.18 Å². The average molecular weight is 222 g/mol. The van der Waals surface area contributed by atoms with Gasteiger partial charge in [-0.05, 0) is 13.0 Å². The van der Waals surface area contributed by atoms with Crippen LogP contribution in [0.25, 0.3) is 0 Å². The Labute approximate surface area is 82.1 Å². The van der Waals surface area contributed by atoms with E-state index in [1.807, 2.05) is 0 Å². The molecular formula is C9H6F4O2. The van der Waals surface area contributed by atoms with Crippen molar-refractivity contribution in [2.24, 2.45) is 0 Å². The Bertz CT molecular complexity index is 409. The summed E-state index contributed by atoms with van der Waals surface area (Å²) in [6.45, 7) is 0.865. The van der Waals surface area contributed by atoms with Crippen LogP contribution in [0.4, 0.5) is 17.6 Å². The molecule has 0 saturated heterocycles. The molecule has 0 aliphatic heterocycles. The van der Waals surface area contributed by atoms with Gasteiger partial charge < -0.3 is 5.11 Å². The van der Waals surface area contributed by atoms with E-state index in [1.165, 1.54) is 0 Å². The van der Waals surface area contributed by atoms with Crippen molar-refractivity contribution < 1.29 is 27.5 Å². The van der Waals surface area contributed by atoms with Gasteiger partial charge in [0.05, 0.1) is 0 Å². The molecule has 0 amide bonds. The molecule has 82 valence electrons. The van der Waals surface area contributed by atoms with Crippen molar-refractivity contribution in [3.05, 3.63) is 29.1 Å². The van der Waals surface area contributed by atoms with Crippen LogP contribution in [0, 0.1) is 5.82 Å². The van der Waals surface area contributed by atoms with Gasteiger partial charge in [-0.2, -0.15) is 13.2 Å². The minimum Gasteiger partial charge on any atom is -0.508 e. The highest BCUT2D eigenvalue weighted by Gasteiger charge is 2.38. The molecule has 2 nitrogen and oxygen atoms in total. The van der Waals surface area contributed by atoms with Crippen LogP contribution in [0.2, 0.25) is 0 Å². The summed E-state index contributed by atoms with van der Waals surface area (Å²) in [4.78, 5) is 10.8. The van der Waals surface area contributed by atoms with Gasteiger partial charge in [-0.3, -0.25) is 4.79 Å². The van der Waals surface area contributed by atoms with Crippen LogP contribution in [0.1, 0.15) is 22.8 Å². The zero-order valence-corrected chi connectivity index (χ0v) is 7.52. The number of alkyl halides is 3. The van der Waals surface area contributed by atoms with E-state index in [1.54, 1.807) is 0 Å².